The SMILES string of the molecule is O=C(COc1ccccc1[N+](=O)[O-])N[C@H](c1ccccc1)c1ccncc1. The van der Waals surface area contributed by atoms with Gasteiger partial charge in [-0.1, -0.05) is 42.5 Å². The standard InChI is InChI=1S/C20H17N3O4/c24-19(14-27-18-9-5-4-8-17(18)23(25)26)22-20(15-6-2-1-3-7-15)16-10-12-21-13-11-16/h1-13,20H,14H2,(H,22,24)/t20-/m1/s1. The third-order valence-electron chi connectivity index (χ3n) is 3.90. The Morgan fingerprint density at radius 3 is 2.33 bits per heavy atom. The van der Waals surface area contributed by atoms with Gasteiger partial charge in [0.15, 0.2) is 12.4 Å². The maximum absolute atomic E-state index is 12.4. The molecule has 7 nitrogen and oxygen atoms in total. The van der Waals surface area contributed by atoms with Gasteiger partial charge in [0.05, 0.1) is 11.0 Å². The molecule has 0 spiro atoms. The lowest BCUT2D eigenvalue weighted by Crippen LogP contribution is -2.33. The van der Waals surface area contributed by atoms with Crippen LogP contribution in [0.3, 0.4) is 0 Å². The van der Waals surface area contributed by atoms with E-state index >= 15 is 0 Å². The summed E-state index contributed by atoms with van der Waals surface area (Å²) in [6.45, 7) is -0.334. The first kappa shape index (κ1) is 18.1. The molecule has 0 saturated heterocycles. The van der Waals surface area contributed by atoms with Crippen molar-refractivity contribution in [1.29, 1.82) is 0 Å². The number of hydrogen-bond donors (Lipinski definition) is 1. The van der Waals surface area contributed by atoms with Crippen molar-refractivity contribution in [2.75, 3.05) is 6.61 Å². The lowest BCUT2D eigenvalue weighted by atomic mass is 10.00. The molecular weight excluding hydrogens is 346 g/mol. The van der Waals surface area contributed by atoms with Crippen LogP contribution in [0.25, 0.3) is 0 Å². The Labute approximate surface area is 155 Å². The van der Waals surface area contributed by atoms with Crippen LogP contribution in [0.4, 0.5) is 5.69 Å². The van der Waals surface area contributed by atoms with Crippen LogP contribution in [0.2, 0.25) is 0 Å². The van der Waals surface area contributed by atoms with Crippen LogP contribution in [0.15, 0.2) is 79.1 Å². The minimum atomic E-state index is -0.545. The lowest BCUT2D eigenvalue weighted by molar-refractivity contribution is -0.385. The van der Waals surface area contributed by atoms with Crippen LogP contribution in [0.5, 0.6) is 5.75 Å². The van der Waals surface area contributed by atoms with E-state index in [-0.39, 0.29) is 30.0 Å². The second kappa shape index (κ2) is 8.57. The number of carbonyl (C=O) groups excluding carboxylic acids is 1. The van der Waals surface area contributed by atoms with Crippen molar-refractivity contribution < 1.29 is 14.5 Å². The van der Waals surface area contributed by atoms with Gasteiger partial charge in [0.2, 0.25) is 0 Å². The van der Waals surface area contributed by atoms with Crippen molar-refractivity contribution in [2.45, 2.75) is 6.04 Å². The van der Waals surface area contributed by atoms with Gasteiger partial charge in [-0.05, 0) is 29.3 Å². The van der Waals surface area contributed by atoms with Crippen molar-refractivity contribution >= 4 is 11.6 Å². The van der Waals surface area contributed by atoms with E-state index in [0.29, 0.717) is 0 Å². The number of carbonyl (C=O) groups is 1. The first-order chi connectivity index (χ1) is 13.1. The molecule has 0 aliphatic carbocycles. The summed E-state index contributed by atoms with van der Waals surface area (Å²) in [5, 5.41) is 13.9. The van der Waals surface area contributed by atoms with E-state index < -0.39 is 4.92 Å². The number of pyridine rings is 1. The number of hydrogen-bond acceptors (Lipinski definition) is 5. The van der Waals surface area contributed by atoms with Crippen molar-refractivity contribution in [3.63, 3.8) is 0 Å². The highest BCUT2D eigenvalue weighted by Crippen LogP contribution is 2.26. The molecule has 1 atom stereocenters. The number of rotatable bonds is 7. The van der Waals surface area contributed by atoms with E-state index in [1.54, 1.807) is 24.5 Å². The van der Waals surface area contributed by atoms with Gasteiger partial charge < -0.3 is 10.1 Å². The van der Waals surface area contributed by atoms with Gasteiger partial charge in [0, 0.05) is 18.5 Å². The number of aromatic nitrogens is 1. The maximum Gasteiger partial charge on any atom is 0.310 e. The number of ether oxygens (including phenoxy) is 1. The molecule has 0 fully saturated rings. The van der Waals surface area contributed by atoms with Crippen LogP contribution in [0, 0.1) is 10.1 Å². The van der Waals surface area contributed by atoms with Crippen LogP contribution >= 0.6 is 0 Å². The number of nitrogens with zero attached hydrogens (tertiary/aromatic N) is 2. The van der Waals surface area contributed by atoms with E-state index in [1.807, 2.05) is 42.5 Å². The summed E-state index contributed by atoms with van der Waals surface area (Å²) in [7, 11) is 0. The van der Waals surface area contributed by atoms with Crippen LogP contribution < -0.4 is 10.1 Å². The first-order valence-corrected chi connectivity index (χ1v) is 8.25. The Kier molecular flexibility index (Phi) is 5.73. The predicted molar refractivity (Wildman–Crippen MR) is 99.3 cm³/mol. The molecular formula is C20H17N3O4. The third kappa shape index (κ3) is 4.66. The second-order valence-corrected chi connectivity index (χ2v) is 5.71. The summed E-state index contributed by atoms with van der Waals surface area (Å²) in [6.07, 6.45) is 3.31. The Hall–Kier alpha value is -3.74. The van der Waals surface area contributed by atoms with Crippen LogP contribution in [0.1, 0.15) is 17.2 Å². The second-order valence-electron chi connectivity index (χ2n) is 5.71. The third-order valence-corrected chi connectivity index (χ3v) is 3.90. The minimum Gasteiger partial charge on any atom is -0.477 e. The monoisotopic (exact) mass is 363 g/mol. The van der Waals surface area contributed by atoms with E-state index in [4.69, 9.17) is 4.74 Å². The zero-order valence-corrected chi connectivity index (χ0v) is 14.3. The van der Waals surface area contributed by atoms with Gasteiger partial charge in [0.25, 0.3) is 5.91 Å². The Morgan fingerprint density at radius 2 is 1.63 bits per heavy atom. The molecule has 0 bridgehead atoms. The number of nitro benzene ring substituents is 1. The molecule has 27 heavy (non-hydrogen) atoms. The fraction of sp³-hybridized carbons (Fsp3) is 0.100. The molecule has 0 aliphatic rings. The van der Waals surface area contributed by atoms with Gasteiger partial charge in [-0.25, -0.2) is 0 Å². The molecule has 1 N–H and O–H groups in total. The van der Waals surface area contributed by atoms with Gasteiger partial charge in [-0.2, -0.15) is 0 Å². The number of nitro groups is 1. The van der Waals surface area contributed by atoms with Gasteiger partial charge in [0.1, 0.15) is 0 Å². The van der Waals surface area contributed by atoms with E-state index in [0.717, 1.165) is 11.1 Å². The van der Waals surface area contributed by atoms with E-state index in [2.05, 4.69) is 10.3 Å². The molecule has 3 rings (SSSR count). The summed E-state index contributed by atoms with van der Waals surface area (Å²) in [6, 6.07) is 18.7. The summed E-state index contributed by atoms with van der Waals surface area (Å²) in [5.41, 5.74) is 1.59. The van der Waals surface area contributed by atoms with E-state index in [1.165, 1.54) is 12.1 Å². The molecule has 1 aromatic heterocycles. The van der Waals surface area contributed by atoms with Crippen molar-refractivity contribution in [3.05, 3.63) is 100 Å². The van der Waals surface area contributed by atoms with Crippen molar-refractivity contribution in [1.82, 2.24) is 10.3 Å². The van der Waals surface area contributed by atoms with Crippen LogP contribution in [-0.4, -0.2) is 22.4 Å². The molecule has 0 unspecified atom stereocenters. The fourth-order valence-electron chi connectivity index (χ4n) is 2.64. The molecule has 7 heteroatoms. The van der Waals surface area contributed by atoms with Crippen molar-refractivity contribution in [3.8, 4) is 5.75 Å². The normalized spacial score (nSPS) is 11.4. The first-order valence-electron chi connectivity index (χ1n) is 8.25. The van der Waals surface area contributed by atoms with Gasteiger partial charge in [-0.3, -0.25) is 19.9 Å². The maximum atomic E-state index is 12.4. The van der Waals surface area contributed by atoms with E-state index in [9.17, 15) is 14.9 Å². The molecule has 3 aromatic rings. The van der Waals surface area contributed by atoms with Crippen molar-refractivity contribution in [2.24, 2.45) is 0 Å². The number of nitrogens with one attached hydrogen (secondary N) is 1. The fourth-order valence-corrected chi connectivity index (χ4v) is 2.64. The predicted octanol–water partition coefficient (Wildman–Crippen LogP) is 3.27. The zero-order chi connectivity index (χ0) is 19.1. The highest BCUT2D eigenvalue weighted by atomic mass is 16.6. The molecule has 1 amide bonds. The topological polar surface area (TPSA) is 94.4 Å². The number of amides is 1. The molecule has 0 aliphatic heterocycles. The quantitative estimate of drug-likeness (QED) is 0.513. The summed E-state index contributed by atoms with van der Waals surface area (Å²) >= 11 is 0. The van der Waals surface area contributed by atoms with Gasteiger partial charge in [-0.15, -0.1) is 0 Å². The number of para-hydroxylation sites is 2. The average Bonchev–Trinajstić information content (AvgIpc) is 2.72. The molecule has 0 radical (unpaired) electrons. The molecule has 0 saturated carbocycles. The smallest absolute Gasteiger partial charge is 0.310 e. The molecule has 1 heterocycles. The Balaban J connectivity index is 1.73. The summed E-state index contributed by atoms with van der Waals surface area (Å²) in [5.74, 6) is -0.336. The number of benzene rings is 2. The minimum absolute atomic E-state index is 0.0535. The molecule has 136 valence electrons. The largest absolute Gasteiger partial charge is 0.477 e. The lowest BCUT2D eigenvalue weighted by Gasteiger charge is -2.19. The Bertz CT molecular complexity index is 877. The highest BCUT2D eigenvalue weighted by molar-refractivity contribution is 5.78. The summed E-state index contributed by atoms with van der Waals surface area (Å²) in [4.78, 5) is 26.9. The zero-order valence-electron chi connectivity index (χ0n) is 14.3. The average molecular weight is 363 g/mol. The summed E-state index contributed by atoms with van der Waals surface area (Å²) < 4.78 is 5.37. The highest BCUT2D eigenvalue weighted by Gasteiger charge is 2.19. The van der Waals surface area contributed by atoms with Gasteiger partial charge >= 0.3 is 5.69 Å². The van der Waals surface area contributed by atoms with Crippen LogP contribution in [-0.2, 0) is 4.79 Å². The Morgan fingerprint density at radius 1 is 1.00 bits per heavy atom. The molecule has 2 aromatic carbocycles.